The number of hydrogen-bond donors (Lipinski definition) is 1. The molecule has 1 rings (SSSR count). The van der Waals surface area contributed by atoms with Crippen molar-refractivity contribution in [3.63, 3.8) is 0 Å². The Hall–Kier alpha value is -1.94. The number of nitriles is 2. The Labute approximate surface area is 115 Å². The van der Waals surface area contributed by atoms with E-state index in [4.69, 9.17) is 10.5 Å². The van der Waals surface area contributed by atoms with Crippen molar-refractivity contribution in [3.8, 4) is 17.9 Å². The number of ether oxygens (including phenoxy) is 1. The Bertz CT molecular complexity index is 532. The van der Waals surface area contributed by atoms with Gasteiger partial charge in [0, 0.05) is 3.57 Å². The minimum atomic E-state index is -2.89. The van der Waals surface area contributed by atoms with Crippen LogP contribution in [0.4, 0.5) is 14.5 Å². The molecule has 0 amide bonds. The Kier molecular flexibility index (Phi) is 5.27. The molecule has 0 unspecified atom stereocenters. The second-order valence-electron chi connectivity index (χ2n) is 2.82. The summed E-state index contributed by atoms with van der Waals surface area (Å²) in [7, 11) is 0. The van der Waals surface area contributed by atoms with Gasteiger partial charge in [0.15, 0.2) is 0 Å². The quantitative estimate of drug-likeness (QED) is 0.507. The molecule has 18 heavy (non-hydrogen) atoms. The van der Waals surface area contributed by atoms with Gasteiger partial charge in [-0.05, 0) is 40.8 Å². The third kappa shape index (κ3) is 4.14. The summed E-state index contributed by atoms with van der Waals surface area (Å²) in [5, 5.41) is 20.5. The number of nitrogens with one attached hydrogen (secondary N) is 1. The largest absolute Gasteiger partial charge is 0.435 e. The number of benzene rings is 1. The number of halogens is 3. The predicted octanol–water partition coefficient (Wildman–Crippen LogP) is 2.71. The lowest BCUT2D eigenvalue weighted by Gasteiger charge is -2.07. The number of hydrogen-bond acceptors (Lipinski definition) is 5. The van der Waals surface area contributed by atoms with Crippen LogP contribution < -0.4 is 10.2 Å². The number of alkyl halides is 2. The smallest absolute Gasteiger partial charge is 0.387 e. The third-order valence-corrected chi connectivity index (χ3v) is 2.56. The maximum Gasteiger partial charge on any atom is 0.387 e. The predicted molar refractivity (Wildman–Crippen MR) is 68.1 cm³/mol. The van der Waals surface area contributed by atoms with Crippen molar-refractivity contribution < 1.29 is 13.5 Å². The number of hydrazone groups is 1. The molecule has 92 valence electrons. The van der Waals surface area contributed by atoms with E-state index in [2.05, 4.69) is 15.3 Å². The first-order valence-corrected chi connectivity index (χ1v) is 5.53. The molecule has 0 saturated carbocycles. The minimum Gasteiger partial charge on any atom is -0.435 e. The van der Waals surface area contributed by atoms with Crippen LogP contribution >= 0.6 is 22.6 Å². The van der Waals surface area contributed by atoms with Crippen molar-refractivity contribution in [2.45, 2.75) is 6.61 Å². The molecule has 0 aromatic heterocycles. The highest BCUT2D eigenvalue weighted by Gasteiger charge is 2.07. The van der Waals surface area contributed by atoms with Gasteiger partial charge in [-0.2, -0.15) is 24.4 Å². The molecule has 0 heterocycles. The lowest BCUT2D eigenvalue weighted by Crippen LogP contribution is -2.03. The summed E-state index contributed by atoms with van der Waals surface area (Å²) >= 11 is 1.88. The normalized spacial score (nSPS) is 9.22. The van der Waals surface area contributed by atoms with Crippen LogP contribution in [0.15, 0.2) is 23.3 Å². The number of rotatable bonds is 4. The van der Waals surface area contributed by atoms with E-state index in [0.29, 0.717) is 9.26 Å². The molecule has 0 saturated heterocycles. The zero-order valence-corrected chi connectivity index (χ0v) is 10.9. The van der Waals surface area contributed by atoms with E-state index in [0.717, 1.165) is 0 Å². The summed E-state index contributed by atoms with van der Waals surface area (Å²) in [6.07, 6.45) is 0. The molecular formula is C10H5F2IN4O. The highest BCUT2D eigenvalue weighted by Crippen LogP contribution is 2.24. The van der Waals surface area contributed by atoms with Crippen molar-refractivity contribution in [1.82, 2.24) is 0 Å². The first-order valence-electron chi connectivity index (χ1n) is 4.45. The van der Waals surface area contributed by atoms with Crippen molar-refractivity contribution in [2.75, 3.05) is 5.43 Å². The van der Waals surface area contributed by atoms with Gasteiger partial charge in [0.1, 0.15) is 17.9 Å². The van der Waals surface area contributed by atoms with E-state index >= 15 is 0 Å². The molecule has 0 fully saturated rings. The fourth-order valence-electron chi connectivity index (χ4n) is 0.954. The van der Waals surface area contributed by atoms with E-state index in [1.807, 2.05) is 22.6 Å². The molecule has 1 aromatic rings. The molecule has 1 N–H and O–H groups in total. The monoisotopic (exact) mass is 362 g/mol. The second kappa shape index (κ2) is 6.71. The van der Waals surface area contributed by atoms with E-state index in [1.165, 1.54) is 18.2 Å². The van der Waals surface area contributed by atoms with Crippen LogP contribution in [0.2, 0.25) is 0 Å². The first-order chi connectivity index (χ1) is 8.56. The molecule has 0 bridgehead atoms. The molecule has 5 nitrogen and oxygen atoms in total. The number of nitrogens with zero attached hydrogens (tertiary/aromatic N) is 3. The zero-order valence-electron chi connectivity index (χ0n) is 8.69. The molecule has 0 aliphatic heterocycles. The van der Waals surface area contributed by atoms with Crippen LogP contribution in [0.3, 0.4) is 0 Å². The van der Waals surface area contributed by atoms with Crippen LogP contribution in [-0.2, 0) is 0 Å². The van der Waals surface area contributed by atoms with Crippen LogP contribution in [0, 0.1) is 26.2 Å². The van der Waals surface area contributed by atoms with Gasteiger partial charge < -0.3 is 4.74 Å². The summed E-state index contributed by atoms with van der Waals surface area (Å²) in [6, 6.07) is 7.31. The van der Waals surface area contributed by atoms with Crippen molar-refractivity contribution in [1.29, 1.82) is 10.5 Å². The van der Waals surface area contributed by atoms with E-state index in [1.54, 1.807) is 12.1 Å². The van der Waals surface area contributed by atoms with E-state index in [9.17, 15) is 8.78 Å². The van der Waals surface area contributed by atoms with Gasteiger partial charge in [0.25, 0.3) is 0 Å². The van der Waals surface area contributed by atoms with Crippen LogP contribution in [0.25, 0.3) is 0 Å². The van der Waals surface area contributed by atoms with Gasteiger partial charge in [-0.1, -0.05) is 0 Å². The van der Waals surface area contributed by atoms with E-state index in [-0.39, 0.29) is 11.5 Å². The lowest BCUT2D eigenvalue weighted by atomic mass is 10.3. The Morgan fingerprint density at radius 2 is 2.06 bits per heavy atom. The molecule has 0 radical (unpaired) electrons. The van der Waals surface area contributed by atoms with Gasteiger partial charge in [0.2, 0.25) is 5.71 Å². The Morgan fingerprint density at radius 3 is 2.56 bits per heavy atom. The molecule has 8 heteroatoms. The zero-order chi connectivity index (χ0) is 13.5. The molecular weight excluding hydrogens is 357 g/mol. The Balaban J connectivity index is 2.85. The van der Waals surface area contributed by atoms with Gasteiger partial charge >= 0.3 is 6.61 Å². The highest BCUT2D eigenvalue weighted by molar-refractivity contribution is 14.1. The summed E-state index contributed by atoms with van der Waals surface area (Å²) in [4.78, 5) is 0. The van der Waals surface area contributed by atoms with Crippen molar-refractivity contribution in [2.24, 2.45) is 5.10 Å². The van der Waals surface area contributed by atoms with Crippen molar-refractivity contribution in [3.05, 3.63) is 21.8 Å². The van der Waals surface area contributed by atoms with Gasteiger partial charge in [0.05, 0.1) is 5.69 Å². The van der Waals surface area contributed by atoms with Gasteiger partial charge in [-0.25, -0.2) is 0 Å². The van der Waals surface area contributed by atoms with E-state index < -0.39 is 6.61 Å². The highest BCUT2D eigenvalue weighted by atomic mass is 127. The maximum atomic E-state index is 12.0. The lowest BCUT2D eigenvalue weighted by molar-refractivity contribution is -0.0498. The third-order valence-electron chi connectivity index (χ3n) is 1.67. The average Bonchev–Trinajstić information content (AvgIpc) is 2.32. The fraction of sp³-hybridized carbons (Fsp3) is 0.100. The topological polar surface area (TPSA) is 81.2 Å². The molecule has 0 aliphatic carbocycles. The standard InChI is InChI=1S/C10H5F2IN4O/c11-10(12)18-7-1-2-9(8(13)3-7)17-16-6(4-14)5-15/h1-3,10,17H. The summed E-state index contributed by atoms with van der Waals surface area (Å²) in [5.41, 5.74) is 2.63. The fourth-order valence-corrected chi connectivity index (χ4v) is 1.56. The first kappa shape index (κ1) is 14.1. The van der Waals surface area contributed by atoms with Crippen LogP contribution in [0.5, 0.6) is 5.75 Å². The summed E-state index contributed by atoms with van der Waals surface area (Å²) < 4.78 is 28.7. The molecule has 1 aromatic carbocycles. The van der Waals surface area contributed by atoms with Crippen LogP contribution in [-0.4, -0.2) is 12.3 Å². The molecule has 0 atom stereocenters. The van der Waals surface area contributed by atoms with Crippen molar-refractivity contribution >= 4 is 34.0 Å². The molecule has 0 aliphatic rings. The SMILES string of the molecule is N#CC(C#N)=NNc1ccc(OC(F)F)cc1I. The van der Waals surface area contributed by atoms with Crippen LogP contribution in [0.1, 0.15) is 0 Å². The second-order valence-corrected chi connectivity index (χ2v) is 3.98. The summed E-state index contributed by atoms with van der Waals surface area (Å²) in [6.45, 7) is -2.89. The maximum absolute atomic E-state index is 12.0. The Morgan fingerprint density at radius 1 is 1.39 bits per heavy atom. The minimum absolute atomic E-state index is 0.0183. The number of anilines is 1. The average molecular weight is 362 g/mol. The molecule has 0 spiro atoms. The van der Waals surface area contributed by atoms with Gasteiger partial charge in [-0.15, -0.1) is 0 Å². The van der Waals surface area contributed by atoms with Gasteiger partial charge in [-0.3, -0.25) is 5.43 Å². The summed E-state index contributed by atoms with van der Waals surface area (Å²) in [5.74, 6) is 0.0183.